The van der Waals surface area contributed by atoms with Crippen LogP contribution in [0.25, 0.3) is 21.5 Å². The summed E-state index contributed by atoms with van der Waals surface area (Å²) in [4.78, 5) is 10.4. The quantitative estimate of drug-likeness (QED) is 0.512. The lowest BCUT2D eigenvalue weighted by Gasteiger charge is -2.09. The summed E-state index contributed by atoms with van der Waals surface area (Å²) < 4.78 is 4.90. The maximum absolute atomic E-state index is 10.4. The molecule has 0 atom stereocenters. The second kappa shape index (κ2) is 4.49. The zero-order chi connectivity index (χ0) is 12.4. The monoisotopic (exact) mass is 236 g/mol. The lowest BCUT2D eigenvalue weighted by atomic mass is 9.98. The molecule has 0 saturated carbocycles. The van der Waals surface area contributed by atoms with Crippen molar-refractivity contribution in [2.75, 3.05) is 0 Å². The van der Waals surface area contributed by atoms with E-state index in [0.717, 1.165) is 10.9 Å². The lowest BCUT2D eigenvalue weighted by molar-refractivity contribution is -0.129. The Bertz CT molecular complexity index is 716. The fourth-order valence-corrected chi connectivity index (χ4v) is 2.37. The summed E-state index contributed by atoms with van der Waals surface area (Å²) in [5, 5.41) is 4.72. The molecular formula is C16H12O2. The van der Waals surface area contributed by atoms with Crippen molar-refractivity contribution in [1.82, 2.24) is 0 Å². The number of rotatable bonds is 3. The topological polar surface area (TPSA) is 26.3 Å². The predicted molar refractivity (Wildman–Crippen MR) is 72.3 cm³/mol. The molecule has 0 heterocycles. The van der Waals surface area contributed by atoms with E-state index < -0.39 is 0 Å². The van der Waals surface area contributed by atoms with E-state index in [9.17, 15) is 4.79 Å². The number of hydrogen-bond donors (Lipinski definition) is 0. The van der Waals surface area contributed by atoms with E-state index in [2.05, 4.69) is 30.3 Å². The summed E-state index contributed by atoms with van der Waals surface area (Å²) in [7, 11) is 0. The van der Waals surface area contributed by atoms with Crippen LogP contribution in [0.5, 0.6) is 0 Å². The minimum atomic E-state index is 0.314. The molecule has 2 nitrogen and oxygen atoms in total. The molecule has 0 bridgehead atoms. The zero-order valence-electron chi connectivity index (χ0n) is 9.80. The van der Waals surface area contributed by atoms with E-state index >= 15 is 0 Å². The molecule has 0 aliphatic heterocycles. The minimum Gasteiger partial charge on any atom is -0.463 e. The average molecular weight is 236 g/mol. The highest BCUT2D eigenvalue weighted by Crippen LogP contribution is 2.28. The van der Waals surface area contributed by atoms with Crippen molar-refractivity contribution in [3.05, 3.63) is 60.2 Å². The van der Waals surface area contributed by atoms with Crippen LogP contribution in [0.15, 0.2) is 54.6 Å². The van der Waals surface area contributed by atoms with Crippen molar-refractivity contribution >= 4 is 28.0 Å². The molecule has 88 valence electrons. The van der Waals surface area contributed by atoms with Crippen LogP contribution in [0, 0.1) is 0 Å². The first kappa shape index (κ1) is 10.8. The van der Waals surface area contributed by atoms with E-state index in [4.69, 9.17) is 4.74 Å². The molecule has 18 heavy (non-hydrogen) atoms. The molecule has 0 N–H and O–H groups in total. The van der Waals surface area contributed by atoms with Crippen LogP contribution in [-0.4, -0.2) is 6.47 Å². The predicted octanol–water partition coefficient (Wildman–Crippen LogP) is 3.67. The number of benzene rings is 3. The largest absolute Gasteiger partial charge is 0.463 e. The van der Waals surface area contributed by atoms with Gasteiger partial charge in [-0.1, -0.05) is 48.5 Å². The Morgan fingerprint density at radius 2 is 1.56 bits per heavy atom. The van der Waals surface area contributed by atoms with Gasteiger partial charge in [0.05, 0.1) is 0 Å². The van der Waals surface area contributed by atoms with Crippen molar-refractivity contribution in [1.29, 1.82) is 0 Å². The minimum absolute atomic E-state index is 0.314. The Balaban J connectivity index is 2.35. The Morgan fingerprint density at radius 1 is 0.889 bits per heavy atom. The zero-order valence-corrected chi connectivity index (χ0v) is 9.80. The Kier molecular flexibility index (Phi) is 2.69. The van der Waals surface area contributed by atoms with Gasteiger partial charge in [-0.3, -0.25) is 4.79 Å². The third-order valence-corrected chi connectivity index (χ3v) is 3.16. The Hall–Kier alpha value is -2.35. The van der Waals surface area contributed by atoms with Crippen LogP contribution in [0.4, 0.5) is 0 Å². The van der Waals surface area contributed by atoms with Crippen LogP contribution in [0.3, 0.4) is 0 Å². The van der Waals surface area contributed by atoms with Gasteiger partial charge in [-0.05, 0) is 33.2 Å². The second-order valence-electron chi connectivity index (χ2n) is 4.21. The maximum Gasteiger partial charge on any atom is 0.293 e. The lowest BCUT2D eigenvalue weighted by Crippen LogP contribution is -1.92. The van der Waals surface area contributed by atoms with Crippen molar-refractivity contribution in [2.24, 2.45) is 0 Å². The summed E-state index contributed by atoms with van der Waals surface area (Å²) in [6, 6.07) is 18.5. The first-order valence-electron chi connectivity index (χ1n) is 5.85. The van der Waals surface area contributed by atoms with Gasteiger partial charge in [-0.15, -0.1) is 0 Å². The van der Waals surface area contributed by atoms with E-state index in [-0.39, 0.29) is 0 Å². The van der Waals surface area contributed by atoms with Crippen molar-refractivity contribution in [3.63, 3.8) is 0 Å². The fraction of sp³-hybridized carbons (Fsp3) is 0.0625. The van der Waals surface area contributed by atoms with E-state index in [1.54, 1.807) is 0 Å². The smallest absolute Gasteiger partial charge is 0.293 e. The highest BCUT2D eigenvalue weighted by atomic mass is 16.5. The number of fused-ring (bicyclic) bond motifs is 3. The molecule has 0 radical (unpaired) electrons. The molecule has 0 spiro atoms. The number of ether oxygens (including phenoxy) is 1. The van der Waals surface area contributed by atoms with Gasteiger partial charge in [0.2, 0.25) is 0 Å². The molecule has 2 heteroatoms. The van der Waals surface area contributed by atoms with Crippen LogP contribution in [0.1, 0.15) is 5.56 Å². The Labute approximate surface area is 105 Å². The SMILES string of the molecule is O=COCc1cc2ccccc2c2ccccc12. The van der Waals surface area contributed by atoms with Crippen LogP contribution >= 0.6 is 0 Å². The van der Waals surface area contributed by atoms with Gasteiger partial charge in [0.25, 0.3) is 6.47 Å². The standard InChI is InChI=1S/C16H12O2/c17-11-18-10-13-9-12-5-1-2-6-14(12)16-8-4-3-7-15(13)16/h1-9,11H,10H2. The molecule has 0 unspecified atom stereocenters. The summed E-state index contributed by atoms with van der Waals surface area (Å²) in [6.07, 6.45) is 0. The highest BCUT2D eigenvalue weighted by molar-refractivity contribution is 6.08. The first-order valence-corrected chi connectivity index (χ1v) is 5.85. The Morgan fingerprint density at radius 3 is 2.33 bits per heavy atom. The maximum atomic E-state index is 10.4. The van der Waals surface area contributed by atoms with Crippen molar-refractivity contribution < 1.29 is 9.53 Å². The number of hydrogen-bond acceptors (Lipinski definition) is 2. The molecule has 3 rings (SSSR count). The molecule has 0 aliphatic carbocycles. The van der Waals surface area contributed by atoms with Crippen LogP contribution in [-0.2, 0) is 16.1 Å². The molecule has 0 saturated heterocycles. The third-order valence-electron chi connectivity index (χ3n) is 3.16. The first-order chi connectivity index (χ1) is 8.90. The summed E-state index contributed by atoms with van der Waals surface area (Å²) in [5.41, 5.74) is 1.04. The third kappa shape index (κ3) is 1.72. The molecule has 0 amide bonds. The fourth-order valence-electron chi connectivity index (χ4n) is 2.37. The van der Waals surface area contributed by atoms with Crippen LogP contribution in [0.2, 0.25) is 0 Å². The van der Waals surface area contributed by atoms with Gasteiger partial charge in [0, 0.05) is 0 Å². The number of carbonyl (C=O) groups excluding carboxylic acids is 1. The summed E-state index contributed by atoms with van der Waals surface area (Å²) in [6.45, 7) is 0.804. The average Bonchev–Trinajstić information content (AvgIpc) is 2.45. The molecule has 0 fully saturated rings. The molecular weight excluding hydrogens is 224 g/mol. The van der Waals surface area contributed by atoms with Gasteiger partial charge in [0.1, 0.15) is 6.61 Å². The van der Waals surface area contributed by atoms with E-state index in [1.807, 2.05) is 24.3 Å². The second-order valence-corrected chi connectivity index (χ2v) is 4.21. The van der Waals surface area contributed by atoms with Crippen LogP contribution < -0.4 is 0 Å². The van der Waals surface area contributed by atoms with Crippen molar-refractivity contribution in [3.8, 4) is 0 Å². The van der Waals surface area contributed by atoms with Gasteiger partial charge >= 0.3 is 0 Å². The van der Waals surface area contributed by atoms with Gasteiger partial charge in [0.15, 0.2) is 0 Å². The van der Waals surface area contributed by atoms with E-state index in [1.165, 1.54) is 16.2 Å². The molecule has 3 aromatic carbocycles. The summed E-state index contributed by atoms with van der Waals surface area (Å²) in [5.74, 6) is 0. The summed E-state index contributed by atoms with van der Waals surface area (Å²) >= 11 is 0. The number of carbonyl (C=O) groups is 1. The van der Waals surface area contributed by atoms with E-state index in [0.29, 0.717) is 13.1 Å². The molecule has 3 aromatic rings. The van der Waals surface area contributed by atoms with Gasteiger partial charge in [-0.25, -0.2) is 0 Å². The molecule has 0 aromatic heterocycles. The normalized spacial score (nSPS) is 10.7. The molecule has 0 aliphatic rings. The van der Waals surface area contributed by atoms with Gasteiger partial charge in [-0.2, -0.15) is 0 Å². The van der Waals surface area contributed by atoms with Gasteiger partial charge < -0.3 is 4.74 Å². The van der Waals surface area contributed by atoms with Crippen molar-refractivity contribution in [2.45, 2.75) is 6.61 Å². The highest BCUT2D eigenvalue weighted by Gasteiger charge is 2.05.